The molecule has 1 aromatic carbocycles. The van der Waals surface area contributed by atoms with Crippen molar-refractivity contribution in [2.24, 2.45) is 5.16 Å². The van der Waals surface area contributed by atoms with Gasteiger partial charge in [0.2, 0.25) is 5.16 Å². The van der Waals surface area contributed by atoms with Crippen LogP contribution in [0.5, 0.6) is 5.75 Å². The van der Waals surface area contributed by atoms with Gasteiger partial charge in [-0.3, -0.25) is 18.8 Å². The zero-order valence-electron chi connectivity index (χ0n) is 19.7. The number of carbonyl (C=O) groups excluding carboxylic acids is 2. The smallest absolute Gasteiger partial charge is 0.446 e. The van der Waals surface area contributed by atoms with Crippen molar-refractivity contribution in [3.05, 3.63) is 47.8 Å². The van der Waals surface area contributed by atoms with Crippen LogP contribution in [0.2, 0.25) is 0 Å². The van der Waals surface area contributed by atoms with Gasteiger partial charge in [0.05, 0.1) is 33.3 Å². The van der Waals surface area contributed by atoms with Crippen LogP contribution < -0.4 is 4.74 Å². The third-order valence-electron chi connectivity index (χ3n) is 4.81. The minimum absolute atomic E-state index is 0.0578. The normalized spacial score (nSPS) is 12.9. The topological polar surface area (TPSA) is 116 Å². The van der Waals surface area contributed by atoms with Crippen molar-refractivity contribution < 1.29 is 36.5 Å². The van der Waals surface area contributed by atoms with Crippen LogP contribution in [-0.4, -0.2) is 68.2 Å². The van der Waals surface area contributed by atoms with E-state index >= 15 is 0 Å². The summed E-state index contributed by atoms with van der Waals surface area (Å²) in [6.07, 6.45) is -4.34. The van der Waals surface area contributed by atoms with Gasteiger partial charge in [-0.2, -0.15) is 13.2 Å². The predicted molar refractivity (Wildman–Crippen MR) is 124 cm³/mol. The van der Waals surface area contributed by atoms with Crippen LogP contribution in [0.3, 0.4) is 0 Å². The Balaban J connectivity index is 1.92. The lowest BCUT2D eigenvalue weighted by Gasteiger charge is -2.13. The van der Waals surface area contributed by atoms with Gasteiger partial charge < -0.3 is 9.64 Å². The van der Waals surface area contributed by atoms with Gasteiger partial charge in [0.15, 0.2) is 6.61 Å². The average Bonchev–Trinajstić information content (AvgIpc) is 3.21. The second-order valence-corrected chi connectivity index (χ2v) is 9.07. The number of halogens is 3. The summed E-state index contributed by atoms with van der Waals surface area (Å²) in [5.41, 5.74) is 1.00. The van der Waals surface area contributed by atoms with Crippen LogP contribution in [0.1, 0.15) is 18.2 Å². The number of fused-ring (bicyclic) bond motifs is 1. The molecule has 0 spiro atoms. The molecule has 14 heteroatoms. The number of oxime groups is 1. The van der Waals surface area contributed by atoms with Gasteiger partial charge in [-0.25, -0.2) is 14.3 Å². The first-order chi connectivity index (χ1) is 16.9. The number of aromatic nitrogens is 3. The molecule has 0 bridgehead atoms. The van der Waals surface area contributed by atoms with Crippen LogP contribution in [0, 0.1) is 6.92 Å². The van der Waals surface area contributed by atoms with Gasteiger partial charge in [0.25, 0.3) is 5.91 Å². The van der Waals surface area contributed by atoms with Crippen LogP contribution >= 0.6 is 0 Å². The van der Waals surface area contributed by atoms with E-state index in [-0.39, 0.29) is 39.1 Å². The van der Waals surface area contributed by atoms with E-state index in [1.165, 1.54) is 45.1 Å². The molecule has 0 aliphatic heterocycles. The number of carbonyl (C=O) groups is 2. The molecule has 3 aromatic rings. The van der Waals surface area contributed by atoms with Gasteiger partial charge in [-0.15, -0.1) is 0 Å². The Morgan fingerprint density at radius 3 is 2.56 bits per heavy atom. The molecule has 0 saturated heterocycles. The number of rotatable bonds is 7. The Bertz CT molecular complexity index is 1350. The molecule has 10 nitrogen and oxygen atoms in total. The van der Waals surface area contributed by atoms with Crippen molar-refractivity contribution in [1.29, 1.82) is 0 Å². The van der Waals surface area contributed by atoms with Gasteiger partial charge >= 0.3 is 12.3 Å². The van der Waals surface area contributed by atoms with E-state index < -0.39 is 35.6 Å². The van der Waals surface area contributed by atoms with Crippen molar-refractivity contribution >= 4 is 39.5 Å². The lowest BCUT2D eigenvalue weighted by molar-refractivity contribution is -0.153. The minimum Gasteiger partial charge on any atom is -0.484 e. The summed E-state index contributed by atoms with van der Waals surface area (Å²) >= 11 is 0. The summed E-state index contributed by atoms with van der Waals surface area (Å²) in [5.74, 6) is -0.804. The number of benzene rings is 1. The lowest BCUT2D eigenvalue weighted by atomic mass is 10.2. The van der Waals surface area contributed by atoms with Crippen molar-refractivity contribution in [3.63, 3.8) is 0 Å². The maximum atomic E-state index is 13.3. The van der Waals surface area contributed by atoms with E-state index in [1.807, 2.05) is 0 Å². The Labute approximate surface area is 206 Å². The molecule has 0 aliphatic rings. The predicted octanol–water partition coefficient (Wildman–Crippen LogP) is 3.44. The number of amides is 1. The molecule has 1 amide bonds. The van der Waals surface area contributed by atoms with E-state index in [1.54, 1.807) is 24.3 Å². The summed E-state index contributed by atoms with van der Waals surface area (Å²) in [5, 5.41) is 3.38. The molecule has 0 aliphatic carbocycles. The maximum absolute atomic E-state index is 13.3. The van der Waals surface area contributed by atoms with Gasteiger partial charge in [-0.1, -0.05) is 17.3 Å². The van der Waals surface area contributed by atoms with Crippen molar-refractivity contribution in [1.82, 2.24) is 19.4 Å². The Hall–Kier alpha value is -3.81. The Kier molecular flexibility index (Phi) is 8.07. The summed E-state index contributed by atoms with van der Waals surface area (Å²) in [7, 11) is 1.03. The fraction of sp³-hybridized carbons (Fsp3) is 0.318. The average molecular weight is 526 g/mol. The highest BCUT2D eigenvalue weighted by Crippen LogP contribution is 2.26. The highest BCUT2D eigenvalue weighted by molar-refractivity contribution is 7.84. The Morgan fingerprint density at radius 1 is 1.19 bits per heavy atom. The maximum Gasteiger partial charge on any atom is 0.446 e. The van der Waals surface area contributed by atoms with Gasteiger partial charge in [0, 0.05) is 25.9 Å². The summed E-state index contributed by atoms with van der Waals surface area (Å²) in [6.45, 7) is 1.36. The summed E-state index contributed by atoms with van der Waals surface area (Å²) < 4.78 is 56.7. The molecule has 2 heterocycles. The zero-order chi connectivity index (χ0) is 26.6. The quantitative estimate of drug-likeness (QED) is 0.264. The van der Waals surface area contributed by atoms with E-state index in [4.69, 9.17) is 9.57 Å². The van der Waals surface area contributed by atoms with Crippen molar-refractivity contribution in [2.45, 2.75) is 30.9 Å². The number of hydrogen-bond acceptors (Lipinski definition) is 8. The highest BCUT2D eigenvalue weighted by Gasteiger charge is 2.29. The first-order valence-electron chi connectivity index (χ1n) is 10.4. The molecule has 0 saturated carbocycles. The molecule has 0 fully saturated rings. The Morgan fingerprint density at radius 2 is 1.89 bits per heavy atom. The lowest BCUT2D eigenvalue weighted by Crippen LogP contribution is -2.28. The number of hydrogen-bond donors (Lipinski definition) is 0. The van der Waals surface area contributed by atoms with Crippen molar-refractivity contribution in [2.75, 3.05) is 20.7 Å². The largest absolute Gasteiger partial charge is 0.484 e. The first kappa shape index (κ1) is 26.8. The first-order valence-corrected chi connectivity index (χ1v) is 11.7. The minimum atomic E-state index is -4.53. The van der Waals surface area contributed by atoms with E-state index in [0.29, 0.717) is 5.52 Å². The molecule has 36 heavy (non-hydrogen) atoms. The van der Waals surface area contributed by atoms with Crippen LogP contribution in [-0.2, 0) is 26.2 Å². The molecular formula is C22H22F3N5O5S. The molecule has 0 radical (unpaired) electrons. The summed E-state index contributed by atoms with van der Waals surface area (Å²) in [4.78, 5) is 39.4. The molecule has 0 N–H and O–H groups in total. The molecule has 3 rings (SSSR count). The number of nitrogens with zero attached hydrogens (tertiary/aromatic N) is 5. The zero-order valence-corrected chi connectivity index (χ0v) is 20.5. The van der Waals surface area contributed by atoms with Crippen LogP contribution in [0.25, 0.3) is 11.0 Å². The highest BCUT2D eigenvalue weighted by atomic mass is 32.2. The van der Waals surface area contributed by atoms with Gasteiger partial charge in [-0.05, 0) is 32.0 Å². The van der Waals surface area contributed by atoms with E-state index in [9.17, 15) is 27.0 Å². The third kappa shape index (κ3) is 6.24. The fourth-order valence-electron chi connectivity index (χ4n) is 3.05. The number of para-hydroxylation sites is 2. The number of imidazole rings is 1. The van der Waals surface area contributed by atoms with Crippen molar-refractivity contribution in [3.8, 4) is 5.75 Å². The molecule has 1 atom stereocenters. The number of pyridine rings is 1. The SMILES string of the molecule is CC(=NOC(=O)n1c(S(=O)Cc2nccc(OCC(F)(F)F)c2C)nc2ccccc21)C(=O)N(C)C. The standard InChI is InChI=1S/C22H22F3N5O5S/c1-13-16(26-10-9-18(13)34-12-22(23,24)25)11-36(33)20-27-15-7-5-6-8-17(15)30(20)21(32)35-28-14(2)19(31)29(3)4/h5-10H,11-12H2,1-4H3. The second-order valence-electron chi connectivity index (χ2n) is 7.73. The molecule has 192 valence electrons. The van der Waals surface area contributed by atoms with E-state index in [0.717, 1.165) is 4.57 Å². The molecule has 2 aromatic heterocycles. The monoisotopic (exact) mass is 525 g/mol. The van der Waals surface area contributed by atoms with Crippen LogP contribution in [0.15, 0.2) is 46.8 Å². The summed E-state index contributed by atoms with van der Waals surface area (Å²) in [6, 6.07) is 7.73. The van der Waals surface area contributed by atoms with Crippen LogP contribution in [0.4, 0.5) is 18.0 Å². The molecule has 1 unspecified atom stereocenters. The second kappa shape index (κ2) is 10.8. The number of alkyl halides is 3. The van der Waals surface area contributed by atoms with E-state index in [2.05, 4.69) is 15.1 Å². The fourth-order valence-corrected chi connectivity index (χ4v) is 4.30. The van der Waals surface area contributed by atoms with Gasteiger partial charge in [0.1, 0.15) is 11.5 Å². The third-order valence-corrected chi connectivity index (χ3v) is 6.03. The number of ether oxygens (including phenoxy) is 1. The molecular weight excluding hydrogens is 503 g/mol.